The van der Waals surface area contributed by atoms with Gasteiger partial charge in [-0.05, 0) is 13.0 Å². The predicted octanol–water partition coefficient (Wildman–Crippen LogP) is 1.35. The molecule has 1 heterocycles. The summed E-state index contributed by atoms with van der Waals surface area (Å²) in [6.07, 6.45) is -5.34. The number of rotatable bonds is 1. The van der Waals surface area contributed by atoms with Crippen LogP contribution in [0, 0.1) is 0 Å². The molecule has 1 aliphatic heterocycles. The fourth-order valence-corrected chi connectivity index (χ4v) is 1.58. The Kier molecular flexibility index (Phi) is 3.38. The SMILES string of the molecule is C=CC(=O)N1CCO[C@@H](C(F)(F)F)[C@H]1C. The Labute approximate surface area is 85.5 Å². The summed E-state index contributed by atoms with van der Waals surface area (Å²) in [5, 5.41) is 0. The number of halogens is 3. The second-order valence-corrected chi connectivity index (χ2v) is 3.31. The smallest absolute Gasteiger partial charge is 0.365 e. The normalized spacial score (nSPS) is 27.6. The molecule has 0 aromatic rings. The van der Waals surface area contributed by atoms with Gasteiger partial charge in [-0.1, -0.05) is 6.58 Å². The van der Waals surface area contributed by atoms with E-state index in [2.05, 4.69) is 11.3 Å². The highest BCUT2D eigenvalue weighted by Gasteiger charge is 2.48. The van der Waals surface area contributed by atoms with Crippen molar-refractivity contribution >= 4 is 5.91 Å². The molecule has 0 spiro atoms. The maximum atomic E-state index is 12.4. The number of nitrogens with zero attached hydrogens (tertiary/aromatic N) is 1. The van der Waals surface area contributed by atoms with E-state index in [-0.39, 0.29) is 13.2 Å². The third kappa shape index (κ3) is 2.50. The van der Waals surface area contributed by atoms with E-state index in [9.17, 15) is 18.0 Å². The Morgan fingerprint density at radius 1 is 1.60 bits per heavy atom. The standard InChI is InChI=1S/C9H12F3NO2/c1-3-7(14)13-4-5-15-8(6(13)2)9(10,11)12/h3,6,8H,1,4-5H2,2H3/t6-,8-/m1/s1. The number of hydrogen-bond acceptors (Lipinski definition) is 2. The Balaban J connectivity index is 2.80. The van der Waals surface area contributed by atoms with Gasteiger partial charge < -0.3 is 9.64 Å². The summed E-state index contributed by atoms with van der Waals surface area (Å²) in [6.45, 7) is 4.62. The van der Waals surface area contributed by atoms with Gasteiger partial charge in [0.05, 0.1) is 12.6 Å². The molecule has 0 aliphatic carbocycles. The van der Waals surface area contributed by atoms with Crippen LogP contribution in [0.4, 0.5) is 13.2 Å². The van der Waals surface area contributed by atoms with Gasteiger partial charge in [0, 0.05) is 6.54 Å². The van der Waals surface area contributed by atoms with Crippen LogP contribution in [0.5, 0.6) is 0 Å². The van der Waals surface area contributed by atoms with E-state index in [0.29, 0.717) is 0 Å². The number of morpholine rings is 1. The minimum absolute atomic E-state index is 0.103. The van der Waals surface area contributed by atoms with Gasteiger partial charge in [0.25, 0.3) is 0 Å². The van der Waals surface area contributed by atoms with Crippen molar-refractivity contribution in [1.29, 1.82) is 0 Å². The zero-order chi connectivity index (χ0) is 11.6. The number of carbonyl (C=O) groups is 1. The van der Waals surface area contributed by atoms with E-state index in [1.54, 1.807) is 0 Å². The summed E-state index contributed by atoms with van der Waals surface area (Å²) in [7, 11) is 0. The van der Waals surface area contributed by atoms with Crippen LogP contribution in [0.2, 0.25) is 0 Å². The third-order valence-electron chi connectivity index (χ3n) is 2.34. The molecule has 0 radical (unpaired) electrons. The minimum atomic E-state index is -4.44. The Bertz CT molecular complexity index is 265. The van der Waals surface area contributed by atoms with Crippen LogP contribution in [0.3, 0.4) is 0 Å². The number of ether oxygens (including phenoxy) is 1. The van der Waals surface area contributed by atoms with E-state index >= 15 is 0 Å². The van der Waals surface area contributed by atoms with E-state index in [0.717, 1.165) is 11.0 Å². The molecule has 3 nitrogen and oxygen atoms in total. The molecular weight excluding hydrogens is 211 g/mol. The third-order valence-corrected chi connectivity index (χ3v) is 2.34. The van der Waals surface area contributed by atoms with Crippen molar-refractivity contribution in [2.45, 2.75) is 25.2 Å². The number of carbonyl (C=O) groups excluding carboxylic acids is 1. The summed E-state index contributed by atoms with van der Waals surface area (Å²) in [4.78, 5) is 12.4. The molecular formula is C9H12F3NO2. The molecule has 0 aromatic carbocycles. The molecule has 0 N–H and O–H groups in total. The number of amides is 1. The lowest BCUT2D eigenvalue weighted by Crippen LogP contribution is -2.56. The average Bonchev–Trinajstić information content (AvgIpc) is 2.15. The van der Waals surface area contributed by atoms with Crippen LogP contribution in [0.15, 0.2) is 12.7 Å². The molecule has 6 heteroatoms. The van der Waals surface area contributed by atoms with Gasteiger partial charge in [0.15, 0.2) is 6.10 Å². The highest BCUT2D eigenvalue weighted by molar-refractivity contribution is 5.87. The summed E-state index contributed by atoms with van der Waals surface area (Å²) >= 11 is 0. The van der Waals surface area contributed by atoms with Crippen molar-refractivity contribution in [3.05, 3.63) is 12.7 Å². The fraction of sp³-hybridized carbons (Fsp3) is 0.667. The van der Waals surface area contributed by atoms with E-state index in [4.69, 9.17) is 0 Å². The first-order valence-electron chi connectivity index (χ1n) is 4.49. The van der Waals surface area contributed by atoms with Crippen LogP contribution in [0.25, 0.3) is 0 Å². The lowest BCUT2D eigenvalue weighted by atomic mass is 10.1. The molecule has 86 valence electrons. The van der Waals surface area contributed by atoms with Crippen molar-refractivity contribution < 1.29 is 22.7 Å². The summed E-state index contributed by atoms with van der Waals surface area (Å²) < 4.78 is 42.0. The average molecular weight is 223 g/mol. The van der Waals surface area contributed by atoms with Crippen molar-refractivity contribution in [3.8, 4) is 0 Å². The Morgan fingerprint density at radius 2 is 2.20 bits per heavy atom. The second-order valence-electron chi connectivity index (χ2n) is 3.31. The lowest BCUT2D eigenvalue weighted by Gasteiger charge is -2.39. The van der Waals surface area contributed by atoms with Gasteiger partial charge in [-0.3, -0.25) is 4.79 Å². The largest absolute Gasteiger partial charge is 0.416 e. The molecule has 1 saturated heterocycles. The van der Waals surface area contributed by atoms with Gasteiger partial charge in [0.1, 0.15) is 0 Å². The molecule has 0 aromatic heterocycles. The van der Waals surface area contributed by atoms with Crippen LogP contribution in [-0.2, 0) is 9.53 Å². The second kappa shape index (κ2) is 4.22. The Morgan fingerprint density at radius 3 is 2.67 bits per heavy atom. The van der Waals surface area contributed by atoms with E-state index in [1.165, 1.54) is 6.92 Å². The Hall–Kier alpha value is -1.04. The fourth-order valence-electron chi connectivity index (χ4n) is 1.58. The molecule has 1 aliphatic rings. The number of hydrogen-bond donors (Lipinski definition) is 0. The molecule has 1 fully saturated rings. The first kappa shape index (κ1) is 12.0. The van der Waals surface area contributed by atoms with E-state index in [1.807, 2.05) is 0 Å². The van der Waals surface area contributed by atoms with Crippen molar-refractivity contribution in [1.82, 2.24) is 4.90 Å². The van der Waals surface area contributed by atoms with Gasteiger partial charge in [0.2, 0.25) is 5.91 Å². The van der Waals surface area contributed by atoms with Gasteiger partial charge in [-0.2, -0.15) is 13.2 Å². The molecule has 0 saturated carbocycles. The monoisotopic (exact) mass is 223 g/mol. The lowest BCUT2D eigenvalue weighted by molar-refractivity contribution is -0.249. The zero-order valence-electron chi connectivity index (χ0n) is 8.25. The van der Waals surface area contributed by atoms with Gasteiger partial charge in [-0.25, -0.2) is 0 Å². The van der Waals surface area contributed by atoms with E-state index < -0.39 is 24.2 Å². The maximum absolute atomic E-state index is 12.4. The maximum Gasteiger partial charge on any atom is 0.416 e. The molecule has 0 unspecified atom stereocenters. The first-order valence-corrected chi connectivity index (χ1v) is 4.49. The van der Waals surface area contributed by atoms with Crippen molar-refractivity contribution in [2.75, 3.05) is 13.2 Å². The molecule has 1 rings (SSSR count). The van der Waals surface area contributed by atoms with Gasteiger partial charge in [-0.15, -0.1) is 0 Å². The highest BCUT2D eigenvalue weighted by atomic mass is 19.4. The molecule has 15 heavy (non-hydrogen) atoms. The minimum Gasteiger partial charge on any atom is -0.365 e. The summed E-state index contributed by atoms with van der Waals surface area (Å²) in [5.74, 6) is -0.500. The van der Waals surface area contributed by atoms with Crippen LogP contribution >= 0.6 is 0 Å². The van der Waals surface area contributed by atoms with Crippen LogP contribution < -0.4 is 0 Å². The molecule has 1 amide bonds. The quantitative estimate of drug-likeness (QED) is 0.628. The topological polar surface area (TPSA) is 29.5 Å². The van der Waals surface area contributed by atoms with Crippen LogP contribution in [0.1, 0.15) is 6.92 Å². The highest BCUT2D eigenvalue weighted by Crippen LogP contribution is 2.29. The predicted molar refractivity (Wildman–Crippen MR) is 47.2 cm³/mol. The van der Waals surface area contributed by atoms with Crippen molar-refractivity contribution in [3.63, 3.8) is 0 Å². The molecule has 0 bridgehead atoms. The summed E-state index contributed by atoms with van der Waals surface area (Å²) in [5.41, 5.74) is 0. The first-order chi connectivity index (χ1) is 6.88. The number of alkyl halides is 3. The molecule has 2 atom stereocenters. The van der Waals surface area contributed by atoms with Crippen molar-refractivity contribution in [2.24, 2.45) is 0 Å². The summed E-state index contributed by atoms with van der Waals surface area (Å²) in [6, 6.07) is -1.01. The zero-order valence-corrected chi connectivity index (χ0v) is 8.25. The van der Waals surface area contributed by atoms with Crippen LogP contribution in [-0.4, -0.2) is 42.3 Å². The van der Waals surface area contributed by atoms with Gasteiger partial charge >= 0.3 is 6.18 Å².